The lowest BCUT2D eigenvalue weighted by atomic mass is 9.91. The standard InChI is InChI=1S/C10H8Br2O/c11-9-7-4-2-1-3-6(7)5-8(13)10(9)12/h1-4,9-10H,5H2. The molecule has 0 saturated carbocycles. The molecule has 1 aliphatic rings. The van der Waals surface area contributed by atoms with Crippen molar-refractivity contribution in [2.45, 2.75) is 16.1 Å². The van der Waals surface area contributed by atoms with Gasteiger partial charge in [-0.2, -0.15) is 0 Å². The zero-order chi connectivity index (χ0) is 9.42. The van der Waals surface area contributed by atoms with Gasteiger partial charge in [-0.05, 0) is 11.1 Å². The maximum absolute atomic E-state index is 11.5. The molecule has 1 aliphatic carbocycles. The zero-order valence-electron chi connectivity index (χ0n) is 6.84. The van der Waals surface area contributed by atoms with Crippen LogP contribution in [0.3, 0.4) is 0 Å². The summed E-state index contributed by atoms with van der Waals surface area (Å²) in [5.41, 5.74) is 2.37. The van der Waals surface area contributed by atoms with Crippen molar-refractivity contribution in [3.05, 3.63) is 35.4 Å². The molecule has 3 heteroatoms. The van der Waals surface area contributed by atoms with Crippen molar-refractivity contribution in [2.75, 3.05) is 0 Å². The van der Waals surface area contributed by atoms with Gasteiger partial charge in [-0.15, -0.1) is 0 Å². The van der Waals surface area contributed by atoms with Gasteiger partial charge in [0, 0.05) is 6.42 Å². The molecular weight excluding hydrogens is 296 g/mol. The number of alkyl halides is 2. The molecule has 68 valence electrons. The maximum atomic E-state index is 11.5. The Balaban J connectivity index is 2.49. The Morgan fingerprint density at radius 1 is 1.15 bits per heavy atom. The summed E-state index contributed by atoms with van der Waals surface area (Å²) in [6.45, 7) is 0. The molecule has 0 radical (unpaired) electrons. The predicted octanol–water partition coefficient (Wildman–Crippen LogP) is 3.01. The van der Waals surface area contributed by atoms with Gasteiger partial charge in [-0.1, -0.05) is 56.1 Å². The summed E-state index contributed by atoms with van der Waals surface area (Å²) in [6, 6.07) is 8.05. The van der Waals surface area contributed by atoms with Gasteiger partial charge in [0.2, 0.25) is 0 Å². The lowest BCUT2D eigenvalue weighted by Gasteiger charge is -2.24. The second kappa shape index (κ2) is 3.54. The molecular formula is C10H8Br2O. The Bertz CT molecular complexity index is 349. The van der Waals surface area contributed by atoms with Gasteiger partial charge in [0.15, 0.2) is 5.78 Å². The molecule has 1 aromatic rings. The molecule has 0 amide bonds. The van der Waals surface area contributed by atoms with E-state index in [1.54, 1.807) is 0 Å². The largest absolute Gasteiger partial charge is 0.298 e. The molecule has 1 aromatic carbocycles. The SMILES string of the molecule is O=C1Cc2ccccc2C(Br)C1Br. The van der Waals surface area contributed by atoms with Crippen LogP contribution in [0.5, 0.6) is 0 Å². The zero-order valence-corrected chi connectivity index (χ0v) is 10.0. The van der Waals surface area contributed by atoms with E-state index in [1.165, 1.54) is 5.56 Å². The van der Waals surface area contributed by atoms with Crippen LogP contribution in [0.4, 0.5) is 0 Å². The van der Waals surface area contributed by atoms with E-state index in [0.29, 0.717) is 6.42 Å². The van der Waals surface area contributed by atoms with E-state index in [2.05, 4.69) is 37.9 Å². The van der Waals surface area contributed by atoms with Crippen molar-refractivity contribution >= 4 is 37.6 Å². The predicted molar refractivity (Wildman–Crippen MR) is 59.5 cm³/mol. The lowest BCUT2D eigenvalue weighted by molar-refractivity contribution is -0.118. The van der Waals surface area contributed by atoms with Crippen molar-refractivity contribution < 1.29 is 4.79 Å². The minimum atomic E-state index is -0.0811. The third-order valence-electron chi connectivity index (χ3n) is 2.28. The van der Waals surface area contributed by atoms with E-state index >= 15 is 0 Å². The number of halogens is 2. The van der Waals surface area contributed by atoms with Crippen LogP contribution in [-0.4, -0.2) is 10.6 Å². The summed E-state index contributed by atoms with van der Waals surface area (Å²) < 4.78 is 0. The third kappa shape index (κ3) is 1.59. The van der Waals surface area contributed by atoms with Crippen molar-refractivity contribution in [1.82, 2.24) is 0 Å². The number of hydrogen-bond acceptors (Lipinski definition) is 1. The summed E-state index contributed by atoms with van der Waals surface area (Å²) in [4.78, 5) is 11.5. The molecule has 0 saturated heterocycles. The van der Waals surface area contributed by atoms with Gasteiger partial charge >= 0.3 is 0 Å². The number of carbonyl (C=O) groups is 1. The fraction of sp³-hybridized carbons (Fsp3) is 0.300. The smallest absolute Gasteiger partial charge is 0.152 e. The lowest BCUT2D eigenvalue weighted by Crippen LogP contribution is -2.27. The Labute approximate surface area is 93.8 Å². The summed E-state index contributed by atoms with van der Waals surface area (Å²) in [5.74, 6) is 0.251. The quantitative estimate of drug-likeness (QED) is 0.673. The number of hydrogen-bond donors (Lipinski definition) is 0. The molecule has 0 aromatic heterocycles. The van der Waals surface area contributed by atoms with Gasteiger partial charge in [0.05, 0.1) is 9.65 Å². The molecule has 2 rings (SSSR count). The highest BCUT2D eigenvalue weighted by Crippen LogP contribution is 2.38. The van der Waals surface area contributed by atoms with E-state index in [1.807, 2.05) is 18.2 Å². The summed E-state index contributed by atoms with van der Waals surface area (Å²) in [5, 5.41) is 0. The van der Waals surface area contributed by atoms with Crippen LogP contribution in [0.25, 0.3) is 0 Å². The maximum Gasteiger partial charge on any atom is 0.152 e. The van der Waals surface area contributed by atoms with Gasteiger partial charge in [-0.3, -0.25) is 4.79 Å². The second-order valence-electron chi connectivity index (χ2n) is 3.15. The van der Waals surface area contributed by atoms with Crippen LogP contribution < -0.4 is 0 Å². The van der Waals surface area contributed by atoms with Crippen LogP contribution in [0.2, 0.25) is 0 Å². The molecule has 0 heterocycles. The van der Waals surface area contributed by atoms with Gasteiger partial charge in [-0.25, -0.2) is 0 Å². The second-order valence-corrected chi connectivity index (χ2v) is 5.12. The summed E-state index contributed by atoms with van der Waals surface area (Å²) in [7, 11) is 0. The van der Waals surface area contributed by atoms with Crippen LogP contribution in [0.1, 0.15) is 16.0 Å². The molecule has 0 fully saturated rings. The Morgan fingerprint density at radius 2 is 1.85 bits per heavy atom. The summed E-state index contributed by atoms with van der Waals surface area (Å²) in [6.07, 6.45) is 0.550. The number of benzene rings is 1. The van der Waals surface area contributed by atoms with Gasteiger partial charge in [0.25, 0.3) is 0 Å². The molecule has 0 N–H and O–H groups in total. The minimum absolute atomic E-state index is 0.0811. The third-order valence-corrected chi connectivity index (χ3v) is 5.05. The average Bonchev–Trinajstić information content (AvgIpc) is 2.15. The molecule has 2 atom stereocenters. The van der Waals surface area contributed by atoms with Crippen LogP contribution >= 0.6 is 31.9 Å². The number of rotatable bonds is 0. The first-order chi connectivity index (χ1) is 6.20. The van der Waals surface area contributed by atoms with E-state index < -0.39 is 0 Å². The first-order valence-corrected chi connectivity index (χ1v) is 5.92. The van der Waals surface area contributed by atoms with Gasteiger partial charge < -0.3 is 0 Å². The number of fused-ring (bicyclic) bond motifs is 1. The molecule has 13 heavy (non-hydrogen) atoms. The highest BCUT2D eigenvalue weighted by Gasteiger charge is 2.31. The first-order valence-electron chi connectivity index (χ1n) is 4.09. The molecule has 0 spiro atoms. The van der Waals surface area contributed by atoms with E-state index in [-0.39, 0.29) is 15.4 Å². The number of carbonyl (C=O) groups excluding carboxylic acids is 1. The van der Waals surface area contributed by atoms with Crippen molar-refractivity contribution in [3.63, 3.8) is 0 Å². The van der Waals surface area contributed by atoms with E-state index in [9.17, 15) is 4.79 Å². The van der Waals surface area contributed by atoms with E-state index in [4.69, 9.17) is 0 Å². The average molecular weight is 304 g/mol. The highest BCUT2D eigenvalue weighted by molar-refractivity contribution is 9.12. The normalized spacial score (nSPS) is 27.1. The Hall–Kier alpha value is -0.150. The molecule has 2 unspecified atom stereocenters. The Morgan fingerprint density at radius 3 is 2.62 bits per heavy atom. The molecule has 1 nitrogen and oxygen atoms in total. The fourth-order valence-corrected chi connectivity index (χ4v) is 2.76. The topological polar surface area (TPSA) is 17.1 Å². The highest BCUT2D eigenvalue weighted by atomic mass is 79.9. The van der Waals surface area contributed by atoms with Crippen molar-refractivity contribution in [2.24, 2.45) is 0 Å². The minimum Gasteiger partial charge on any atom is -0.298 e. The monoisotopic (exact) mass is 302 g/mol. The van der Waals surface area contributed by atoms with Crippen molar-refractivity contribution in [1.29, 1.82) is 0 Å². The number of Topliss-reactive ketones (excluding diaryl/α,β-unsaturated/α-hetero) is 1. The summed E-state index contributed by atoms with van der Waals surface area (Å²) >= 11 is 6.92. The molecule has 0 bridgehead atoms. The fourth-order valence-electron chi connectivity index (χ4n) is 1.57. The van der Waals surface area contributed by atoms with Crippen molar-refractivity contribution in [3.8, 4) is 0 Å². The van der Waals surface area contributed by atoms with E-state index in [0.717, 1.165) is 5.56 Å². The molecule has 0 aliphatic heterocycles. The van der Waals surface area contributed by atoms with Crippen LogP contribution in [0, 0.1) is 0 Å². The van der Waals surface area contributed by atoms with Gasteiger partial charge in [0.1, 0.15) is 0 Å². The number of ketones is 1. The van der Waals surface area contributed by atoms with Crippen LogP contribution in [-0.2, 0) is 11.2 Å². The Kier molecular flexibility index (Phi) is 2.56. The van der Waals surface area contributed by atoms with Crippen LogP contribution in [0.15, 0.2) is 24.3 Å². The first kappa shape index (κ1) is 9.41.